The average Bonchev–Trinajstić information content (AvgIpc) is 3.89. The topological polar surface area (TPSA) is 183 Å². The van der Waals surface area contributed by atoms with E-state index in [9.17, 15) is 19.5 Å². The number of nitrogens with two attached hydrogens (primary N) is 1. The second-order valence-corrected chi connectivity index (χ2v) is 14.0. The molecule has 6 heterocycles. The maximum atomic E-state index is 15.3. The molecule has 5 N–H and O–H groups in total. The van der Waals surface area contributed by atoms with Crippen molar-refractivity contribution in [2.24, 2.45) is 5.16 Å². The van der Waals surface area contributed by atoms with Gasteiger partial charge in [-0.05, 0) is 25.0 Å². The number of aromatic nitrogens is 3. The number of nitrogens with one attached hydrogen (secondary N) is 2. The number of hydrogen-bond donors (Lipinski definition) is 4. The van der Waals surface area contributed by atoms with E-state index in [-0.39, 0.29) is 41.1 Å². The summed E-state index contributed by atoms with van der Waals surface area (Å²) in [7, 11) is 1.28. The van der Waals surface area contributed by atoms with Crippen molar-refractivity contribution in [3.05, 3.63) is 88.1 Å². The number of carboxylic acids is 1. The number of halogens is 1. The molecule has 1 aromatic carbocycles. The number of oxime groups is 1. The molecule has 0 aliphatic carbocycles. The number of carbonyl (C=O) groups is 3. The third kappa shape index (κ3) is 6.06. The Morgan fingerprint density at radius 2 is 2.06 bits per heavy atom. The summed E-state index contributed by atoms with van der Waals surface area (Å²) in [6.45, 7) is 2.08. The van der Waals surface area contributed by atoms with Crippen LogP contribution in [-0.2, 0) is 32.3 Å². The van der Waals surface area contributed by atoms with Gasteiger partial charge in [0.1, 0.15) is 47.1 Å². The van der Waals surface area contributed by atoms with Gasteiger partial charge in [-0.3, -0.25) is 19.9 Å². The molecule has 0 unspecified atom stereocenters. The van der Waals surface area contributed by atoms with Gasteiger partial charge >= 0.3 is 5.97 Å². The number of rotatable bonds is 10. The van der Waals surface area contributed by atoms with E-state index >= 15 is 4.39 Å². The number of anilines is 1. The molecule has 2 amide bonds. The summed E-state index contributed by atoms with van der Waals surface area (Å²) in [5.74, 6) is -2.25. The summed E-state index contributed by atoms with van der Waals surface area (Å²) in [5, 5.41) is 26.3. The lowest BCUT2D eigenvalue weighted by Gasteiger charge is -2.49. The van der Waals surface area contributed by atoms with E-state index in [2.05, 4.69) is 15.5 Å². The number of thiazole rings is 1. The number of carbonyl (C=O) groups excluding carboxylic acids is 2. The highest BCUT2D eigenvalue weighted by Gasteiger charge is 2.55. The van der Waals surface area contributed by atoms with Crippen molar-refractivity contribution in [3.8, 4) is 0 Å². The van der Waals surface area contributed by atoms with Gasteiger partial charge in [-0.1, -0.05) is 17.3 Å². The summed E-state index contributed by atoms with van der Waals surface area (Å²) >= 11 is 2.47. The van der Waals surface area contributed by atoms with Crippen molar-refractivity contribution < 1.29 is 33.3 Å². The van der Waals surface area contributed by atoms with Crippen LogP contribution in [0.2, 0.25) is 0 Å². The molecule has 3 aliphatic heterocycles. The third-order valence-electron chi connectivity index (χ3n) is 8.96. The summed E-state index contributed by atoms with van der Waals surface area (Å²) in [5.41, 5.74) is 8.81. The van der Waals surface area contributed by atoms with Crippen LogP contribution in [-0.4, -0.2) is 91.2 Å². The Labute approximate surface area is 293 Å². The van der Waals surface area contributed by atoms with Crippen molar-refractivity contribution in [3.63, 3.8) is 0 Å². The van der Waals surface area contributed by atoms with E-state index in [0.717, 1.165) is 48.3 Å². The lowest BCUT2D eigenvalue weighted by Crippen LogP contribution is -2.71. The Hall–Kier alpha value is -5.29. The van der Waals surface area contributed by atoms with Gasteiger partial charge < -0.3 is 30.5 Å². The lowest BCUT2D eigenvalue weighted by molar-refractivity contribution is -0.663. The predicted molar refractivity (Wildman–Crippen MR) is 185 cm³/mol. The normalized spacial score (nSPS) is 19.1. The number of nitrogens with zero attached hydrogens (tertiary/aromatic N) is 6. The molecule has 50 heavy (non-hydrogen) atoms. The fourth-order valence-corrected chi connectivity index (χ4v) is 8.42. The summed E-state index contributed by atoms with van der Waals surface area (Å²) < 4.78 is 19.1. The van der Waals surface area contributed by atoms with Crippen LogP contribution < -0.4 is 15.6 Å². The molecule has 7 rings (SSSR count). The van der Waals surface area contributed by atoms with Gasteiger partial charge in [0.15, 0.2) is 23.6 Å². The van der Waals surface area contributed by atoms with Gasteiger partial charge in [0.2, 0.25) is 5.52 Å². The first kappa shape index (κ1) is 33.2. The highest BCUT2D eigenvalue weighted by atomic mass is 32.2. The molecule has 0 radical (unpaired) electrons. The SMILES string of the molecule is CO/N=C(\C(=O)N[C@@H]1C(=O)N2C(C(=O)O)=C(C[n+]3cccc4c3ccn4Cc3ccc(C(=N)N4CCCC4)cc3F)CS[C@H]12)c1csc(N)n1. The van der Waals surface area contributed by atoms with Crippen LogP contribution in [0.3, 0.4) is 0 Å². The van der Waals surface area contributed by atoms with Gasteiger partial charge in [-0.25, -0.2) is 14.2 Å². The van der Waals surface area contributed by atoms with E-state index in [1.165, 1.54) is 29.8 Å². The average molecular weight is 719 g/mol. The molecule has 14 nitrogen and oxygen atoms in total. The highest BCUT2D eigenvalue weighted by Crippen LogP contribution is 2.40. The van der Waals surface area contributed by atoms with E-state index in [1.54, 1.807) is 17.5 Å². The zero-order valence-electron chi connectivity index (χ0n) is 26.8. The van der Waals surface area contributed by atoms with E-state index < -0.39 is 29.2 Å². The van der Waals surface area contributed by atoms with Crippen LogP contribution in [0.5, 0.6) is 0 Å². The number of β-lactam (4-membered cyclic amide) rings is 1. The molecule has 17 heteroatoms. The number of aliphatic carboxylic acids is 1. The Morgan fingerprint density at radius 3 is 2.76 bits per heavy atom. The summed E-state index contributed by atoms with van der Waals surface area (Å²) in [6, 6.07) is 9.59. The molecular formula is C33H33FN9O5S2+. The molecule has 2 saturated heterocycles. The highest BCUT2D eigenvalue weighted by molar-refractivity contribution is 8.00. The third-order valence-corrected chi connectivity index (χ3v) is 11.0. The number of carboxylic acid groups (broad SMARTS) is 1. The molecule has 0 bridgehead atoms. The number of thioether (sulfide) groups is 1. The van der Waals surface area contributed by atoms with Crippen LogP contribution in [0.25, 0.3) is 11.0 Å². The monoisotopic (exact) mass is 718 g/mol. The van der Waals surface area contributed by atoms with Crippen LogP contribution in [0.1, 0.15) is 29.7 Å². The number of amides is 2. The second-order valence-electron chi connectivity index (χ2n) is 12.0. The molecule has 2 fully saturated rings. The quantitative estimate of drug-likeness (QED) is 0.0629. The number of pyridine rings is 1. The number of benzene rings is 1. The van der Waals surface area contributed by atoms with Crippen LogP contribution in [0, 0.1) is 11.2 Å². The van der Waals surface area contributed by atoms with Crippen molar-refractivity contribution in [2.45, 2.75) is 37.3 Å². The van der Waals surface area contributed by atoms with Crippen LogP contribution in [0.4, 0.5) is 9.52 Å². The molecule has 258 valence electrons. The maximum absolute atomic E-state index is 15.3. The molecule has 3 aliphatic rings. The van der Waals surface area contributed by atoms with Crippen molar-refractivity contribution in [2.75, 3.05) is 31.7 Å². The first-order valence-corrected chi connectivity index (χ1v) is 17.7. The Bertz CT molecular complexity index is 2110. The standard InChI is InChI=1S/C33H32FN9O5S2/c1-48-39-25(22-17-50-33(36)37-22)29(44)38-26-30(45)43-27(32(46)47)20(16-49-31(26)43)15-41-11-4-5-23-24(41)8-12-42(23)14-19-7-6-18(13-21(19)34)28(35)40-9-2-3-10-40/h4-8,11-13,17,26,31,35H,2-3,9-10,14-16H2,1H3,(H3-,36,37,38,44,46,47)/p+1/b35-28?,39-25-/t26-,31-/m1/s1. The van der Waals surface area contributed by atoms with Gasteiger partial charge in [0.25, 0.3) is 11.8 Å². The number of fused-ring (bicyclic) bond motifs is 2. The zero-order chi connectivity index (χ0) is 35.1. The van der Waals surface area contributed by atoms with Gasteiger partial charge in [-0.2, -0.15) is 4.57 Å². The molecular weight excluding hydrogens is 686 g/mol. The smallest absolute Gasteiger partial charge is 0.352 e. The summed E-state index contributed by atoms with van der Waals surface area (Å²) in [6.07, 6.45) is 5.75. The number of hydrogen-bond acceptors (Lipinski definition) is 10. The van der Waals surface area contributed by atoms with E-state index in [4.69, 9.17) is 16.0 Å². The van der Waals surface area contributed by atoms with Gasteiger partial charge in [0, 0.05) is 59.3 Å². The van der Waals surface area contributed by atoms with Crippen molar-refractivity contribution >= 4 is 68.6 Å². The minimum absolute atomic E-state index is 0.118. The minimum atomic E-state index is -1.25. The van der Waals surface area contributed by atoms with Crippen molar-refractivity contribution in [1.82, 2.24) is 24.7 Å². The fourth-order valence-electron chi connectivity index (χ4n) is 6.53. The Kier molecular flexibility index (Phi) is 9.00. The molecule has 2 atom stereocenters. The molecule has 3 aromatic heterocycles. The largest absolute Gasteiger partial charge is 0.477 e. The zero-order valence-corrected chi connectivity index (χ0v) is 28.5. The second kappa shape index (κ2) is 13.5. The van der Waals surface area contributed by atoms with Crippen molar-refractivity contribution in [1.29, 1.82) is 5.41 Å². The molecule has 0 spiro atoms. The number of amidine groups is 1. The van der Waals surface area contributed by atoms with Crippen LogP contribution in [0.15, 0.2) is 70.6 Å². The Morgan fingerprint density at radius 1 is 1.26 bits per heavy atom. The van der Waals surface area contributed by atoms with Crippen LogP contribution >= 0.6 is 23.1 Å². The fraction of sp³-hybridized carbons (Fsp3) is 0.303. The number of nitrogen functional groups attached to an aromatic ring is 1. The van der Waals surface area contributed by atoms with Gasteiger partial charge in [0.05, 0.1) is 6.54 Å². The first-order chi connectivity index (χ1) is 24.1. The molecule has 0 saturated carbocycles. The number of likely N-dealkylation sites (tertiary alicyclic amines) is 1. The Balaban J connectivity index is 1.08. The lowest BCUT2D eigenvalue weighted by atomic mass is 10.0. The first-order valence-electron chi connectivity index (χ1n) is 15.8. The maximum Gasteiger partial charge on any atom is 0.352 e. The van der Waals surface area contributed by atoms with E-state index in [1.807, 2.05) is 44.6 Å². The van der Waals surface area contributed by atoms with E-state index in [0.29, 0.717) is 28.3 Å². The summed E-state index contributed by atoms with van der Waals surface area (Å²) in [4.78, 5) is 51.1. The van der Waals surface area contributed by atoms with Gasteiger partial charge in [-0.15, -0.1) is 23.1 Å². The minimum Gasteiger partial charge on any atom is -0.477 e. The molecule has 4 aromatic rings. The predicted octanol–water partition coefficient (Wildman–Crippen LogP) is 2.37.